The van der Waals surface area contributed by atoms with E-state index in [1.165, 1.54) is 32.1 Å². The van der Waals surface area contributed by atoms with Gasteiger partial charge in [0, 0.05) is 17.4 Å². The maximum Gasteiger partial charge on any atom is 0.286 e. The highest BCUT2D eigenvalue weighted by molar-refractivity contribution is 8.15. The molecule has 1 aliphatic heterocycles. The van der Waals surface area contributed by atoms with Crippen molar-refractivity contribution in [1.82, 2.24) is 10.5 Å². The maximum absolute atomic E-state index is 11.8. The summed E-state index contributed by atoms with van der Waals surface area (Å²) in [6, 6.07) is 11.5. The molecule has 1 aromatic heterocycles. The van der Waals surface area contributed by atoms with Gasteiger partial charge in [0.1, 0.15) is 16.7 Å². The van der Waals surface area contributed by atoms with E-state index in [0.717, 1.165) is 76.7 Å². The first kappa shape index (κ1) is 25.6. The van der Waals surface area contributed by atoms with E-state index in [-0.39, 0.29) is 11.1 Å². The van der Waals surface area contributed by atoms with Gasteiger partial charge in [-0.25, -0.2) is 0 Å². The molecule has 0 spiro atoms. The number of thioether (sulfide) groups is 1. The lowest BCUT2D eigenvalue weighted by Gasteiger charge is -2.20. The van der Waals surface area contributed by atoms with E-state index in [2.05, 4.69) is 29.5 Å². The Morgan fingerprint density at radius 1 is 1.03 bits per heavy atom. The highest BCUT2D eigenvalue weighted by Crippen LogP contribution is 2.36. The van der Waals surface area contributed by atoms with Gasteiger partial charge in [-0.15, -0.1) is 0 Å². The van der Waals surface area contributed by atoms with Crippen molar-refractivity contribution >= 4 is 33.9 Å². The van der Waals surface area contributed by atoms with Gasteiger partial charge in [0.05, 0.1) is 18.9 Å². The van der Waals surface area contributed by atoms with E-state index in [4.69, 9.17) is 14.0 Å². The Morgan fingerprint density at radius 3 is 2.54 bits per heavy atom. The van der Waals surface area contributed by atoms with Gasteiger partial charge in [0.15, 0.2) is 5.58 Å². The van der Waals surface area contributed by atoms with Crippen LogP contribution in [0.5, 0.6) is 11.5 Å². The van der Waals surface area contributed by atoms with E-state index < -0.39 is 5.25 Å². The Labute approximate surface area is 221 Å². The predicted octanol–water partition coefficient (Wildman–Crippen LogP) is 6.78. The number of ether oxygens (including phenoxy) is 2. The summed E-state index contributed by atoms with van der Waals surface area (Å²) in [5.74, 6) is 2.03. The number of carbonyl (C=O) groups is 2. The average Bonchev–Trinajstić information content (AvgIpc) is 3.48. The zero-order chi connectivity index (χ0) is 25.6. The Morgan fingerprint density at radius 2 is 1.81 bits per heavy atom. The van der Waals surface area contributed by atoms with Crippen LogP contribution in [0.2, 0.25) is 0 Å². The lowest BCUT2D eigenvalue weighted by atomic mass is 9.85. The molecule has 7 nitrogen and oxygen atoms in total. The number of benzene rings is 2. The Hall–Kier alpha value is -3.00. The number of aryl methyl sites for hydroxylation is 1. The number of hydrogen-bond acceptors (Lipinski definition) is 7. The van der Waals surface area contributed by atoms with Crippen molar-refractivity contribution in [2.75, 3.05) is 13.2 Å². The van der Waals surface area contributed by atoms with Gasteiger partial charge in [-0.2, -0.15) is 0 Å². The number of nitrogens with zero attached hydrogens (tertiary/aromatic N) is 1. The van der Waals surface area contributed by atoms with Gasteiger partial charge in [0.2, 0.25) is 5.91 Å². The monoisotopic (exact) mass is 522 g/mol. The lowest BCUT2D eigenvalue weighted by Crippen LogP contribution is -2.20. The van der Waals surface area contributed by atoms with Crippen LogP contribution in [-0.4, -0.2) is 29.5 Å². The normalized spacial score (nSPS) is 18.4. The van der Waals surface area contributed by atoms with Crippen LogP contribution >= 0.6 is 11.8 Å². The molecular formula is C29H34N2O5S. The van der Waals surface area contributed by atoms with Crippen molar-refractivity contribution in [3.63, 3.8) is 0 Å². The zero-order valence-corrected chi connectivity index (χ0v) is 22.1. The molecule has 1 saturated heterocycles. The Balaban J connectivity index is 1.14. The molecule has 2 aliphatic rings. The summed E-state index contributed by atoms with van der Waals surface area (Å²) in [5, 5.41) is 7.11. The number of fused-ring (bicyclic) bond motifs is 1. The number of imide groups is 1. The number of nitrogens with one attached hydrogen (secondary N) is 1. The summed E-state index contributed by atoms with van der Waals surface area (Å²) < 4.78 is 17.9. The van der Waals surface area contributed by atoms with E-state index in [1.54, 1.807) is 0 Å². The van der Waals surface area contributed by atoms with Gasteiger partial charge < -0.3 is 14.0 Å². The summed E-state index contributed by atoms with van der Waals surface area (Å²) >= 11 is 1.00. The van der Waals surface area contributed by atoms with E-state index in [9.17, 15) is 9.59 Å². The maximum atomic E-state index is 11.8. The molecule has 196 valence electrons. The van der Waals surface area contributed by atoms with E-state index in [1.807, 2.05) is 24.3 Å². The molecule has 0 radical (unpaired) electrons. The molecule has 1 unspecified atom stereocenters. The molecule has 3 aromatic rings. The highest BCUT2D eigenvalue weighted by Gasteiger charge is 2.32. The van der Waals surface area contributed by atoms with E-state index >= 15 is 0 Å². The molecule has 2 amide bonds. The highest BCUT2D eigenvalue weighted by atomic mass is 32.2. The number of rotatable bonds is 11. The molecular weight excluding hydrogens is 488 g/mol. The first-order chi connectivity index (χ1) is 18.1. The summed E-state index contributed by atoms with van der Waals surface area (Å²) in [6.45, 7) is 3.21. The SMILES string of the molecule is CCCc1c(OCCCOc2ccc(C3SC(=O)NC3=O)cc2)ccc2c(CC3CCCCC3)noc12. The lowest BCUT2D eigenvalue weighted by molar-refractivity contribution is -0.119. The summed E-state index contributed by atoms with van der Waals surface area (Å²) in [4.78, 5) is 23.2. The molecule has 1 N–H and O–H groups in total. The summed E-state index contributed by atoms with van der Waals surface area (Å²) in [5.41, 5.74) is 3.85. The second-order valence-electron chi connectivity index (χ2n) is 9.90. The van der Waals surface area contributed by atoms with Crippen LogP contribution in [0.1, 0.15) is 73.9 Å². The number of carbonyl (C=O) groups excluding carboxylic acids is 2. The largest absolute Gasteiger partial charge is 0.493 e. The van der Waals surface area contributed by atoms with Crippen molar-refractivity contribution in [3.8, 4) is 11.5 Å². The predicted molar refractivity (Wildman–Crippen MR) is 144 cm³/mol. The Kier molecular flexibility index (Phi) is 8.34. The van der Waals surface area contributed by atoms with E-state index in [0.29, 0.717) is 19.1 Å². The van der Waals surface area contributed by atoms with Crippen molar-refractivity contribution in [2.24, 2.45) is 5.92 Å². The third kappa shape index (κ3) is 6.12. The van der Waals surface area contributed by atoms with Crippen molar-refractivity contribution in [1.29, 1.82) is 0 Å². The van der Waals surface area contributed by atoms with Crippen molar-refractivity contribution in [3.05, 3.63) is 53.2 Å². The fourth-order valence-electron chi connectivity index (χ4n) is 5.27. The fourth-order valence-corrected chi connectivity index (χ4v) is 6.10. The molecule has 2 fully saturated rings. The molecule has 1 atom stereocenters. The second kappa shape index (κ2) is 12.0. The molecule has 2 heterocycles. The standard InChI is InChI=1S/C29H34N2O5S/c1-2-7-23-25(15-14-22-24(31-36-26(22)23)18-19-8-4-3-5-9-19)35-17-6-16-34-21-12-10-20(11-13-21)27-28(32)30-29(33)37-27/h10-15,19,27H,2-9,16-18H2,1H3,(H,30,32,33). The average molecular weight is 523 g/mol. The van der Waals surface area contributed by atoms with Gasteiger partial charge in [-0.1, -0.05) is 62.7 Å². The van der Waals surface area contributed by atoms with Crippen LogP contribution in [0.4, 0.5) is 4.79 Å². The number of hydrogen-bond donors (Lipinski definition) is 1. The van der Waals surface area contributed by atoms with Gasteiger partial charge in [-0.05, 0) is 60.4 Å². The van der Waals surface area contributed by atoms with Crippen LogP contribution < -0.4 is 14.8 Å². The molecule has 8 heteroatoms. The first-order valence-electron chi connectivity index (χ1n) is 13.4. The molecule has 1 saturated carbocycles. The van der Waals surface area contributed by atoms with Gasteiger partial charge in [-0.3, -0.25) is 14.9 Å². The molecule has 37 heavy (non-hydrogen) atoms. The van der Waals surface area contributed by atoms with Crippen LogP contribution in [-0.2, 0) is 17.6 Å². The Bertz CT molecular complexity index is 1230. The van der Waals surface area contributed by atoms with Gasteiger partial charge in [0.25, 0.3) is 5.24 Å². The summed E-state index contributed by atoms with van der Waals surface area (Å²) in [7, 11) is 0. The van der Waals surface area contributed by atoms with Crippen molar-refractivity contribution < 1.29 is 23.6 Å². The third-order valence-corrected chi connectivity index (χ3v) is 8.21. The smallest absolute Gasteiger partial charge is 0.286 e. The fraction of sp³-hybridized carbons (Fsp3) is 0.483. The molecule has 0 bridgehead atoms. The zero-order valence-electron chi connectivity index (χ0n) is 21.3. The number of aromatic nitrogens is 1. The minimum atomic E-state index is -0.489. The van der Waals surface area contributed by atoms with Gasteiger partial charge >= 0.3 is 0 Å². The minimum absolute atomic E-state index is 0.271. The van der Waals surface area contributed by atoms with Crippen molar-refractivity contribution in [2.45, 2.75) is 70.0 Å². The molecule has 2 aromatic carbocycles. The quantitative estimate of drug-likeness (QED) is 0.278. The first-order valence-corrected chi connectivity index (χ1v) is 14.3. The van der Waals surface area contributed by atoms with Crippen LogP contribution in [0.25, 0.3) is 11.0 Å². The third-order valence-electron chi connectivity index (χ3n) is 7.17. The van der Waals surface area contributed by atoms with Crippen LogP contribution in [0, 0.1) is 5.92 Å². The number of amides is 2. The minimum Gasteiger partial charge on any atom is -0.493 e. The second-order valence-corrected chi connectivity index (χ2v) is 11.0. The molecule has 1 aliphatic carbocycles. The van der Waals surface area contributed by atoms with Crippen LogP contribution in [0.3, 0.4) is 0 Å². The molecule has 5 rings (SSSR count). The summed E-state index contributed by atoms with van der Waals surface area (Å²) in [6.07, 6.45) is 10.2. The topological polar surface area (TPSA) is 90.7 Å². The van der Waals surface area contributed by atoms with Crippen LogP contribution in [0.15, 0.2) is 40.9 Å².